The molecule has 0 bridgehead atoms. The topological polar surface area (TPSA) is 32.5 Å². The molecule has 2 aliphatic rings. The van der Waals surface area contributed by atoms with Crippen molar-refractivity contribution in [2.24, 2.45) is 5.73 Å². The number of fused-ring (bicyclic) bond motifs is 1. The molecule has 3 heteroatoms. The van der Waals surface area contributed by atoms with Crippen molar-refractivity contribution in [3.05, 3.63) is 35.4 Å². The molecule has 1 aliphatic carbocycles. The average Bonchev–Trinajstić information content (AvgIpc) is 2.46. The van der Waals surface area contributed by atoms with Crippen LogP contribution in [0.4, 0.5) is 0 Å². The van der Waals surface area contributed by atoms with Gasteiger partial charge in [-0.05, 0) is 37.4 Å². The summed E-state index contributed by atoms with van der Waals surface area (Å²) in [5.41, 5.74) is 9.43. The van der Waals surface area contributed by atoms with E-state index in [4.69, 9.17) is 5.73 Å². The minimum absolute atomic E-state index is 0.165. The molecular weight excluding hydrogens is 246 g/mol. The van der Waals surface area contributed by atoms with Gasteiger partial charge in [-0.1, -0.05) is 31.2 Å². The number of benzene rings is 1. The van der Waals surface area contributed by atoms with Crippen LogP contribution < -0.4 is 5.73 Å². The first-order chi connectivity index (χ1) is 9.58. The number of hydrogen-bond acceptors (Lipinski definition) is 3. The van der Waals surface area contributed by atoms with E-state index in [1.54, 1.807) is 0 Å². The molecule has 110 valence electrons. The normalized spacial score (nSPS) is 35.8. The predicted octanol–water partition coefficient (Wildman–Crippen LogP) is 2.20. The highest BCUT2D eigenvalue weighted by atomic mass is 15.3. The average molecular weight is 273 g/mol. The fourth-order valence-electron chi connectivity index (χ4n) is 3.86. The summed E-state index contributed by atoms with van der Waals surface area (Å²) >= 11 is 0. The maximum atomic E-state index is 6.61. The molecule has 0 aromatic heterocycles. The lowest BCUT2D eigenvalue weighted by Crippen LogP contribution is -2.56. The smallest absolute Gasteiger partial charge is 0.0456 e. The van der Waals surface area contributed by atoms with Crippen molar-refractivity contribution >= 4 is 0 Å². The lowest BCUT2D eigenvalue weighted by Gasteiger charge is -2.46. The third kappa shape index (κ3) is 2.39. The van der Waals surface area contributed by atoms with Gasteiger partial charge in [-0.25, -0.2) is 0 Å². The van der Waals surface area contributed by atoms with Crippen molar-refractivity contribution in [1.29, 1.82) is 0 Å². The molecule has 1 fully saturated rings. The second kappa shape index (κ2) is 5.47. The Labute approximate surface area is 122 Å². The van der Waals surface area contributed by atoms with E-state index in [2.05, 4.69) is 55.0 Å². The molecule has 4 unspecified atom stereocenters. The van der Waals surface area contributed by atoms with Crippen molar-refractivity contribution in [2.45, 2.75) is 44.3 Å². The molecule has 1 heterocycles. The van der Waals surface area contributed by atoms with Crippen LogP contribution in [0.5, 0.6) is 0 Å². The molecule has 3 rings (SSSR count). The van der Waals surface area contributed by atoms with Gasteiger partial charge < -0.3 is 10.6 Å². The lowest BCUT2D eigenvalue weighted by molar-refractivity contribution is 0.0530. The number of piperazine rings is 1. The lowest BCUT2D eigenvalue weighted by atomic mass is 9.77. The third-order valence-electron chi connectivity index (χ3n) is 5.36. The summed E-state index contributed by atoms with van der Waals surface area (Å²) in [6.45, 7) is 8.10. The Morgan fingerprint density at radius 1 is 1.10 bits per heavy atom. The maximum Gasteiger partial charge on any atom is 0.0456 e. The van der Waals surface area contributed by atoms with Gasteiger partial charge in [-0.3, -0.25) is 4.90 Å². The number of likely N-dealkylation sites (N-methyl/N-ethyl adjacent to an activating group) is 1. The van der Waals surface area contributed by atoms with E-state index in [1.807, 2.05) is 0 Å². The van der Waals surface area contributed by atoms with Crippen LogP contribution in [-0.2, 0) is 0 Å². The van der Waals surface area contributed by atoms with Crippen LogP contribution in [0.15, 0.2) is 24.3 Å². The Balaban J connectivity index is 1.82. The van der Waals surface area contributed by atoms with Gasteiger partial charge in [0.25, 0.3) is 0 Å². The zero-order chi connectivity index (χ0) is 14.3. The van der Waals surface area contributed by atoms with Crippen molar-refractivity contribution in [2.75, 3.05) is 26.7 Å². The summed E-state index contributed by atoms with van der Waals surface area (Å²) in [5.74, 6) is 0.617. The first-order valence-electron chi connectivity index (χ1n) is 7.86. The fourth-order valence-corrected chi connectivity index (χ4v) is 3.86. The van der Waals surface area contributed by atoms with Gasteiger partial charge in [0, 0.05) is 37.8 Å². The van der Waals surface area contributed by atoms with E-state index < -0.39 is 0 Å². The van der Waals surface area contributed by atoms with Crippen LogP contribution in [0.25, 0.3) is 0 Å². The first kappa shape index (κ1) is 14.1. The standard InChI is InChI=1S/C17H27N3/c1-12-10-16(20-9-8-19(3)13(2)11-20)17(18)15-7-5-4-6-14(12)15/h4-7,12-13,16-17H,8-11,18H2,1-3H3. The molecule has 1 aromatic carbocycles. The highest BCUT2D eigenvalue weighted by molar-refractivity contribution is 5.36. The van der Waals surface area contributed by atoms with Crippen LogP contribution in [0.2, 0.25) is 0 Å². The summed E-state index contributed by atoms with van der Waals surface area (Å²) in [5, 5.41) is 0. The molecule has 2 N–H and O–H groups in total. The Morgan fingerprint density at radius 2 is 1.80 bits per heavy atom. The van der Waals surface area contributed by atoms with Crippen molar-refractivity contribution < 1.29 is 0 Å². The van der Waals surface area contributed by atoms with E-state index in [-0.39, 0.29) is 6.04 Å². The maximum absolute atomic E-state index is 6.61. The van der Waals surface area contributed by atoms with Gasteiger partial charge in [0.2, 0.25) is 0 Å². The molecule has 0 spiro atoms. The van der Waals surface area contributed by atoms with E-state index in [0.29, 0.717) is 18.0 Å². The van der Waals surface area contributed by atoms with E-state index in [0.717, 1.165) is 19.6 Å². The Morgan fingerprint density at radius 3 is 2.50 bits per heavy atom. The zero-order valence-electron chi connectivity index (χ0n) is 12.9. The fraction of sp³-hybridized carbons (Fsp3) is 0.647. The van der Waals surface area contributed by atoms with Crippen LogP contribution >= 0.6 is 0 Å². The molecule has 0 radical (unpaired) electrons. The van der Waals surface area contributed by atoms with Crippen molar-refractivity contribution in [3.8, 4) is 0 Å². The van der Waals surface area contributed by atoms with E-state index in [1.165, 1.54) is 17.5 Å². The summed E-state index contributed by atoms with van der Waals surface area (Å²) in [6.07, 6.45) is 1.19. The quantitative estimate of drug-likeness (QED) is 0.851. The minimum Gasteiger partial charge on any atom is -0.323 e. The number of nitrogens with zero attached hydrogens (tertiary/aromatic N) is 2. The molecule has 1 aliphatic heterocycles. The molecule has 1 aromatic rings. The summed E-state index contributed by atoms with van der Waals surface area (Å²) in [7, 11) is 2.22. The van der Waals surface area contributed by atoms with Gasteiger partial charge in [0.05, 0.1) is 0 Å². The van der Waals surface area contributed by atoms with Gasteiger partial charge >= 0.3 is 0 Å². The molecule has 0 amide bonds. The third-order valence-corrected chi connectivity index (χ3v) is 5.36. The monoisotopic (exact) mass is 273 g/mol. The summed E-state index contributed by atoms with van der Waals surface area (Å²) in [6, 6.07) is 10.0. The minimum atomic E-state index is 0.165. The number of rotatable bonds is 1. The zero-order valence-corrected chi connectivity index (χ0v) is 12.9. The van der Waals surface area contributed by atoms with Gasteiger partial charge in [-0.2, -0.15) is 0 Å². The van der Waals surface area contributed by atoms with Gasteiger partial charge in [-0.15, -0.1) is 0 Å². The summed E-state index contributed by atoms with van der Waals surface area (Å²) in [4.78, 5) is 5.07. The van der Waals surface area contributed by atoms with Crippen LogP contribution in [0.1, 0.15) is 43.4 Å². The molecular formula is C17H27N3. The second-order valence-corrected chi connectivity index (χ2v) is 6.68. The highest BCUT2D eigenvalue weighted by Crippen LogP contribution is 2.38. The molecule has 0 saturated carbocycles. The molecule has 3 nitrogen and oxygen atoms in total. The Hall–Kier alpha value is -0.900. The largest absolute Gasteiger partial charge is 0.323 e. The summed E-state index contributed by atoms with van der Waals surface area (Å²) < 4.78 is 0. The van der Waals surface area contributed by atoms with E-state index >= 15 is 0 Å². The second-order valence-electron chi connectivity index (χ2n) is 6.68. The van der Waals surface area contributed by atoms with Crippen LogP contribution in [0.3, 0.4) is 0 Å². The molecule has 1 saturated heterocycles. The van der Waals surface area contributed by atoms with Gasteiger partial charge in [0.15, 0.2) is 0 Å². The van der Waals surface area contributed by atoms with Crippen LogP contribution in [0, 0.1) is 0 Å². The van der Waals surface area contributed by atoms with Crippen molar-refractivity contribution in [1.82, 2.24) is 9.80 Å². The predicted molar refractivity (Wildman–Crippen MR) is 83.9 cm³/mol. The number of hydrogen-bond donors (Lipinski definition) is 1. The number of nitrogens with two attached hydrogens (primary N) is 1. The Kier molecular flexibility index (Phi) is 3.85. The first-order valence-corrected chi connectivity index (χ1v) is 7.86. The SMILES string of the molecule is CC1CC(N2CCN(C)C(C)C2)C(N)c2ccccc21. The molecule has 4 atom stereocenters. The van der Waals surface area contributed by atoms with Gasteiger partial charge in [0.1, 0.15) is 0 Å². The highest BCUT2D eigenvalue weighted by Gasteiger charge is 2.36. The molecule has 20 heavy (non-hydrogen) atoms. The van der Waals surface area contributed by atoms with Crippen molar-refractivity contribution in [3.63, 3.8) is 0 Å². The van der Waals surface area contributed by atoms with E-state index in [9.17, 15) is 0 Å². The van der Waals surface area contributed by atoms with Crippen LogP contribution in [-0.4, -0.2) is 48.6 Å². The Bertz CT molecular complexity index is 473.